The molecular weight excluding hydrogens is 757 g/mol. The lowest BCUT2D eigenvalue weighted by atomic mass is 9.98. The van der Waals surface area contributed by atoms with E-state index in [2.05, 4.69) is 193 Å². The topological polar surface area (TPSA) is 56.7 Å². The summed E-state index contributed by atoms with van der Waals surface area (Å²) in [6, 6.07) is 76.2. The van der Waals surface area contributed by atoms with Crippen LogP contribution in [0.1, 0.15) is 0 Å². The van der Waals surface area contributed by atoms with Gasteiger partial charge in [0.05, 0.1) is 11.0 Å². The highest BCUT2D eigenvalue weighted by atomic mass is 16.3. The molecule has 0 unspecified atom stereocenters. The second kappa shape index (κ2) is 14.7. The van der Waals surface area contributed by atoms with Crippen LogP contribution in [0.2, 0.25) is 0 Å². The van der Waals surface area contributed by atoms with Crippen molar-refractivity contribution in [3.05, 3.63) is 218 Å². The van der Waals surface area contributed by atoms with E-state index in [0.717, 1.165) is 77.7 Å². The molecule has 0 bridgehead atoms. The number of fused-ring (bicyclic) bond motifs is 6. The molecule has 3 aromatic heterocycles. The smallest absolute Gasteiger partial charge is 0.164 e. The van der Waals surface area contributed by atoms with Gasteiger partial charge in [-0.3, -0.25) is 0 Å². The van der Waals surface area contributed by atoms with E-state index in [1.54, 1.807) is 0 Å². The van der Waals surface area contributed by atoms with Gasteiger partial charge in [-0.25, -0.2) is 15.0 Å². The summed E-state index contributed by atoms with van der Waals surface area (Å²) in [6.45, 7) is 0. The highest BCUT2D eigenvalue weighted by Crippen LogP contribution is 2.41. The molecule has 0 N–H and O–H groups in total. The van der Waals surface area contributed by atoms with Crippen molar-refractivity contribution in [2.24, 2.45) is 0 Å². The first-order valence-electron chi connectivity index (χ1n) is 20.8. The molecule has 5 nitrogen and oxygen atoms in total. The lowest BCUT2D eigenvalue weighted by Gasteiger charge is -2.13. The van der Waals surface area contributed by atoms with Crippen molar-refractivity contribution in [2.75, 3.05) is 0 Å². The highest BCUT2D eigenvalue weighted by molar-refractivity contribution is 6.14. The Morgan fingerprint density at radius 3 is 1.66 bits per heavy atom. The normalized spacial score (nSPS) is 11.5. The molecule has 0 amide bonds. The molecule has 0 saturated carbocycles. The molecule has 0 aliphatic carbocycles. The lowest BCUT2D eigenvalue weighted by molar-refractivity contribution is 0.669. The largest absolute Gasteiger partial charge is 0.456 e. The van der Waals surface area contributed by atoms with Crippen molar-refractivity contribution in [3.8, 4) is 73.2 Å². The van der Waals surface area contributed by atoms with Crippen LogP contribution >= 0.6 is 0 Å². The van der Waals surface area contributed by atoms with E-state index in [-0.39, 0.29) is 0 Å². The van der Waals surface area contributed by atoms with Gasteiger partial charge >= 0.3 is 0 Å². The van der Waals surface area contributed by atoms with Gasteiger partial charge in [0.1, 0.15) is 11.2 Å². The fourth-order valence-electron chi connectivity index (χ4n) is 8.96. The van der Waals surface area contributed by atoms with Crippen molar-refractivity contribution in [1.29, 1.82) is 0 Å². The molecule has 5 heteroatoms. The summed E-state index contributed by atoms with van der Waals surface area (Å²) in [4.78, 5) is 15.8. The van der Waals surface area contributed by atoms with Crippen LogP contribution in [0.4, 0.5) is 0 Å². The van der Waals surface area contributed by atoms with Gasteiger partial charge in [0.2, 0.25) is 0 Å². The van der Waals surface area contributed by atoms with Crippen LogP contribution in [-0.4, -0.2) is 19.5 Å². The number of hydrogen-bond acceptors (Lipinski definition) is 4. The lowest BCUT2D eigenvalue weighted by Crippen LogP contribution is -2.01. The fraction of sp³-hybridized carbons (Fsp3) is 0. The minimum absolute atomic E-state index is 0.576. The Kier molecular flexibility index (Phi) is 8.42. The van der Waals surface area contributed by atoms with Crippen LogP contribution in [0, 0.1) is 0 Å². The van der Waals surface area contributed by atoms with Gasteiger partial charge in [-0.1, -0.05) is 164 Å². The molecule has 0 fully saturated rings. The van der Waals surface area contributed by atoms with Gasteiger partial charge in [-0.15, -0.1) is 0 Å². The summed E-state index contributed by atoms with van der Waals surface area (Å²) in [5.74, 6) is 1.77. The Bertz CT molecular complexity index is 3630. The highest BCUT2D eigenvalue weighted by Gasteiger charge is 2.21. The van der Waals surface area contributed by atoms with Crippen molar-refractivity contribution < 1.29 is 4.42 Å². The SMILES string of the molecule is c1ccc(-c2cccc(-c3nc(-c4ccccc4-c4ccccc4)nc(-c4cccc5oc6ccc(-c7ccc8c(c7)c7ccccc7n8-c7ccccc7)cc6c45)n3)c2)cc1. The van der Waals surface area contributed by atoms with Crippen molar-refractivity contribution >= 4 is 43.7 Å². The van der Waals surface area contributed by atoms with Gasteiger partial charge in [0.15, 0.2) is 17.5 Å². The fourth-order valence-corrected chi connectivity index (χ4v) is 8.96. The van der Waals surface area contributed by atoms with E-state index in [1.165, 1.54) is 21.8 Å². The predicted octanol–water partition coefficient (Wildman–Crippen LogP) is 14.9. The molecule has 0 spiro atoms. The average Bonchev–Trinajstić information content (AvgIpc) is 3.90. The maximum Gasteiger partial charge on any atom is 0.164 e. The number of hydrogen-bond donors (Lipinski definition) is 0. The zero-order valence-corrected chi connectivity index (χ0v) is 33.5. The first-order valence-corrected chi connectivity index (χ1v) is 20.8. The molecule has 0 saturated heterocycles. The Hall–Kier alpha value is -8.41. The maximum atomic E-state index is 6.58. The molecule has 9 aromatic carbocycles. The van der Waals surface area contributed by atoms with Gasteiger partial charge in [0.25, 0.3) is 0 Å². The maximum absolute atomic E-state index is 6.58. The van der Waals surface area contributed by atoms with E-state index in [4.69, 9.17) is 19.4 Å². The average molecular weight is 793 g/mol. The molecule has 12 rings (SSSR count). The first kappa shape index (κ1) is 35.5. The summed E-state index contributed by atoms with van der Waals surface area (Å²) in [6.07, 6.45) is 0. The number of benzene rings is 9. The number of nitrogens with zero attached hydrogens (tertiary/aromatic N) is 4. The molecule has 3 heterocycles. The summed E-state index contributed by atoms with van der Waals surface area (Å²) in [5.41, 5.74) is 14.4. The van der Waals surface area contributed by atoms with Gasteiger partial charge in [-0.2, -0.15) is 0 Å². The number of aromatic nitrogens is 4. The van der Waals surface area contributed by atoms with E-state index in [9.17, 15) is 0 Å². The molecule has 0 atom stereocenters. The summed E-state index contributed by atoms with van der Waals surface area (Å²) in [7, 11) is 0. The Balaban J connectivity index is 1.05. The van der Waals surface area contributed by atoms with Crippen LogP contribution in [0.25, 0.3) is 117 Å². The van der Waals surface area contributed by atoms with Crippen LogP contribution in [-0.2, 0) is 0 Å². The third-order valence-corrected chi connectivity index (χ3v) is 11.9. The van der Waals surface area contributed by atoms with Crippen molar-refractivity contribution in [1.82, 2.24) is 19.5 Å². The van der Waals surface area contributed by atoms with Crippen molar-refractivity contribution in [3.63, 3.8) is 0 Å². The Labute approximate surface area is 357 Å². The zero-order valence-electron chi connectivity index (χ0n) is 33.5. The zero-order chi connectivity index (χ0) is 41.0. The molecule has 290 valence electrons. The minimum atomic E-state index is 0.576. The van der Waals surface area contributed by atoms with Crippen LogP contribution in [0.5, 0.6) is 0 Å². The van der Waals surface area contributed by atoms with E-state index in [0.29, 0.717) is 17.5 Å². The third kappa shape index (κ3) is 6.06. The Morgan fingerprint density at radius 2 is 0.855 bits per heavy atom. The second-order valence-corrected chi connectivity index (χ2v) is 15.6. The number of rotatable bonds is 7. The molecule has 0 aliphatic heterocycles. The van der Waals surface area contributed by atoms with Gasteiger partial charge < -0.3 is 8.98 Å². The predicted molar refractivity (Wildman–Crippen MR) is 254 cm³/mol. The minimum Gasteiger partial charge on any atom is -0.456 e. The van der Waals surface area contributed by atoms with Crippen LogP contribution in [0.15, 0.2) is 223 Å². The quantitative estimate of drug-likeness (QED) is 0.161. The Morgan fingerprint density at radius 1 is 0.306 bits per heavy atom. The summed E-state index contributed by atoms with van der Waals surface area (Å²) < 4.78 is 8.93. The van der Waals surface area contributed by atoms with Gasteiger partial charge in [0, 0.05) is 43.9 Å². The third-order valence-electron chi connectivity index (χ3n) is 11.9. The number of furan rings is 1. The first-order chi connectivity index (χ1) is 30.7. The molecule has 0 aliphatic rings. The van der Waals surface area contributed by atoms with Crippen LogP contribution < -0.4 is 0 Å². The summed E-state index contributed by atoms with van der Waals surface area (Å²) >= 11 is 0. The molecule has 12 aromatic rings. The monoisotopic (exact) mass is 792 g/mol. The summed E-state index contributed by atoms with van der Waals surface area (Å²) in [5, 5.41) is 4.38. The van der Waals surface area contributed by atoms with Gasteiger partial charge in [-0.05, 0) is 88.0 Å². The molecule has 62 heavy (non-hydrogen) atoms. The standard InChI is InChI=1S/C57H36N4O/c1-4-16-37(17-5-1)39-20-14-21-42(34-39)55-58-56(46-26-11-10-24-44(46)38-18-6-2-7-19-38)60-57(59-55)47-27-15-29-53-54(47)49-36-41(31-33-52(49)62-53)40-30-32-51-48(35-40)45-25-12-13-28-50(45)61(51)43-22-8-3-9-23-43/h1-36H. The second-order valence-electron chi connectivity index (χ2n) is 15.6. The van der Waals surface area contributed by atoms with E-state index < -0.39 is 0 Å². The van der Waals surface area contributed by atoms with Crippen LogP contribution in [0.3, 0.4) is 0 Å². The van der Waals surface area contributed by atoms with Crippen molar-refractivity contribution in [2.45, 2.75) is 0 Å². The molecule has 0 radical (unpaired) electrons. The molecular formula is C57H36N4O. The van der Waals surface area contributed by atoms with E-state index >= 15 is 0 Å². The van der Waals surface area contributed by atoms with E-state index in [1.807, 2.05) is 30.3 Å². The number of para-hydroxylation sites is 2.